The summed E-state index contributed by atoms with van der Waals surface area (Å²) in [6.07, 6.45) is 3.26. The van der Waals surface area contributed by atoms with Gasteiger partial charge in [0.15, 0.2) is 11.2 Å². The van der Waals surface area contributed by atoms with Crippen molar-refractivity contribution in [2.24, 2.45) is 5.92 Å². The smallest absolute Gasteiger partial charge is 0.246 e. The quantitative estimate of drug-likeness (QED) is 0.682. The van der Waals surface area contributed by atoms with Crippen LogP contribution in [-0.4, -0.2) is 56.2 Å². The fourth-order valence-corrected chi connectivity index (χ4v) is 3.08. The number of aliphatic hydroxyl groups excluding tert-OH is 2. The van der Waals surface area contributed by atoms with E-state index in [0.717, 1.165) is 12.8 Å². The van der Waals surface area contributed by atoms with E-state index in [9.17, 15) is 5.11 Å². The molecule has 0 aromatic carbocycles. The molecule has 1 saturated heterocycles. The zero-order valence-electron chi connectivity index (χ0n) is 12.9. The van der Waals surface area contributed by atoms with E-state index in [-0.39, 0.29) is 37.4 Å². The van der Waals surface area contributed by atoms with Gasteiger partial charge in [-0.3, -0.25) is 4.57 Å². The molecule has 1 aliphatic heterocycles. The van der Waals surface area contributed by atoms with Crippen LogP contribution in [0.2, 0.25) is 0 Å². The van der Waals surface area contributed by atoms with E-state index in [1.807, 2.05) is 0 Å². The van der Waals surface area contributed by atoms with Gasteiger partial charge in [0.1, 0.15) is 6.23 Å². The van der Waals surface area contributed by atoms with Gasteiger partial charge in [-0.2, -0.15) is 9.97 Å². The van der Waals surface area contributed by atoms with E-state index in [1.165, 1.54) is 7.11 Å². The lowest BCUT2D eigenvalue weighted by Gasteiger charge is -2.20. The minimum absolute atomic E-state index is 0.0425. The number of nitrogens with zero attached hydrogens (tertiary/aromatic N) is 4. The van der Waals surface area contributed by atoms with Crippen molar-refractivity contribution in [1.82, 2.24) is 19.5 Å². The summed E-state index contributed by atoms with van der Waals surface area (Å²) in [6.45, 7) is 0.0832. The first kappa shape index (κ1) is 15.9. The van der Waals surface area contributed by atoms with Gasteiger partial charge in [0.25, 0.3) is 0 Å². The summed E-state index contributed by atoms with van der Waals surface area (Å²) in [6, 6.07) is 0. The number of aliphatic hydroxyl groups is 2. The maximum Gasteiger partial charge on any atom is 0.246 e. The average molecular weight is 323 g/mol. The molecular formula is C14H21N5O4. The molecule has 0 bridgehead atoms. The van der Waals surface area contributed by atoms with Crippen LogP contribution in [-0.2, 0) is 4.74 Å². The van der Waals surface area contributed by atoms with Crippen LogP contribution in [0.1, 0.15) is 25.5 Å². The van der Waals surface area contributed by atoms with Gasteiger partial charge in [-0.25, -0.2) is 4.98 Å². The Morgan fingerprint density at radius 2 is 2.26 bits per heavy atom. The Hall–Kier alpha value is -1.97. The molecule has 1 fully saturated rings. The summed E-state index contributed by atoms with van der Waals surface area (Å²) in [7, 11) is 1.50. The first-order valence-electron chi connectivity index (χ1n) is 7.59. The highest BCUT2D eigenvalue weighted by Gasteiger charge is 2.36. The standard InChI is InChI=1S/C14H21N5O4/c1-22-12-10-11(17-14(15)18-12)19(7-16-10)13-8(3-2-4-20)5-9(6-21)23-13/h7-9,13,20-21H,2-6H2,1H3,(H2,15,17,18). The summed E-state index contributed by atoms with van der Waals surface area (Å²) < 4.78 is 12.9. The number of aromatic nitrogens is 4. The number of hydrogen-bond acceptors (Lipinski definition) is 8. The van der Waals surface area contributed by atoms with Crippen molar-refractivity contribution >= 4 is 17.1 Å². The topological polar surface area (TPSA) is 129 Å². The largest absolute Gasteiger partial charge is 0.479 e. The third-order valence-electron chi connectivity index (χ3n) is 4.11. The molecule has 9 nitrogen and oxygen atoms in total. The molecule has 3 rings (SSSR count). The summed E-state index contributed by atoms with van der Waals surface area (Å²) in [4.78, 5) is 12.6. The van der Waals surface area contributed by atoms with Crippen LogP contribution in [0.5, 0.6) is 5.88 Å². The second kappa shape index (κ2) is 6.65. The highest BCUT2D eigenvalue weighted by molar-refractivity contribution is 5.77. The Bertz CT molecular complexity index is 676. The minimum Gasteiger partial charge on any atom is -0.479 e. The molecule has 3 unspecified atom stereocenters. The maximum absolute atomic E-state index is 9.40. The van der Waals surface area contributed by atoms with Gasteiger partial charge in [0.05, 0.1) is 26.1 Å². The number of anilines is 1. The highest BCUT2D eigenvalue weighted by Crippen LogP contribution is 2.39. The van der Waals surface area contributed by atoms with Crippen molar-refractivity contribution < 1.29 is 19.7 Å². The van der Waals surface area contributed by atoms with Crippen LogP contribution in [0, 0.1) is 5.92 Å². The van der Waals surface area contributed by atoms with Crippen molar-refractivity contribution in [2.75, 3.05) is 26.1 Å². The molecule has 3 heterocycles. The van der Waals surface area contributed by atoms with Crippen molar-refractivity contribution in [3.8, 4) is 5.88 Å². The number of ether oxygens (including phenoxy) is 2. The molecule has 23 heavy (non-hydrogen) atoms. The lowest BCUT2D eigenvalue weighted by Crippen LogP contribution is -2.17. The van der Waals surface area contributed by atoms with Crippen LogP contribution in [0.3, 0.4) is 0 Å². The molecular weight excluding hydrogens is 302 g/mol. The van der Waals surface area contributed by atoms with Crippen LogP contribution < -0.4 is 10.5 Å². The molecule has 0 radical (unpaired) electrons. The molecule has 0 aliphatic carbocycles. The monoisotopic (exact) mass is 323 g/mol. The normalized spacial score (nSPS) is 24.4. The number of hydrogen-bond donors (Lipinski definition) is 3. The summed E-state index contributed by atoms with van der Waals surface area (Å²) >= 11 is 0. The fourth-order valence-electron chi connectivity index (χ4n) is 3.08. The third-order valence-corrected chi connectivity index (χ3v) is 4.11. The van der Waals surface area contributed by atoms with E-state index in [4.69, 9.17) is 20.3 Å². The van der Waals surface area contributed by atoms with Gasteiger partial charge >= 0.3 is 0 Å². The van der Waals surface area contributed by atoms with Crippen molar-refractivity contribution in [1.29, 1.82) is 0 Å². The molecule has 2 aromatic rings. The van der Waals surface area contributed by atoms with E-state index in [0.29, 0.717) is 23.5 Å². The lowest BCUT2D eigenvalue weighted by atomic mass is 9.97. The Labute approximate surface area is 133 Å². The van der Waals surface area contributed by atoms with Gasteiger partial charge in [0, 0.05) is 12.5 Å². The molecule has 0 spiro atoms. The average Bonchev–Trinajstić information content (AvgIpc) is 3.15. The van der Waals surface area contributed by atoms with Crippen molar-refractivity contribution in [3.63, 3.8) is 0 Å². The molecule has 9 heteroatoms. The summed E-state index contributed by atoms with van der Waals surface area (Å²) in [5.74, 6) is 0.563. The predicted octanol–water partition coefficient (Wildman–Crippen LogP) is 0.0856. The number of nitrogens with two attached hydrogens (primary N) is 1. The molecule has 4 N–H and O–H groups in total. The SMILES string of the molecule is COc1nc(N)nc2c1ncn2C1OC(CO)CC1CCCO. The number of nitrogen functional groups attached to an aromatic ring is 1. The van der Waals surface area contributed by atoms with Crippen LogP contribution >= 0.6 is 0 Å². The predicted molar refractivity (Wildman–Crippen MR) is 81.7 cm³/mol. The van der Waals surface area contributed by atoms with E-state index < -0.39 is 0 Å². The summed E-state index contributed by atoms with van der Waals surface area (Å²) in [5, 5.41) is 18.5. The highest BCUT2D eigenvalue weighted by atomic mass is 16.5. The minimum atomic E-state index is -0.317. The second-order valence-electron chi connectivity index (χ2n) is 5.61. The van der Waals surface area contributed by atoms with Crippen molar-refractivity contribution in [3.05, 3.63) is 6.33 Å². The number of rotatable bonds is 6. The Morgan fingerprint density at radius 1 is 1.43 bits per heavy atom. The zero-order valence-corrected chi connectivity index (χ0v) is 12.9. The lowest BCUT2D eigenvalue weighted by molar-refractivity contribution is -0.0323. The Morgan fingerprint density at radius 3 is 2.96 bits per heavy atom. The van der Waals surface area contributed by atoms with Crippen LogP contribution in [0.15, 0.2) is 6.33 Å². The third kappa shape index (κ3) is 2.94. The number of methoxy groups -OCH3 is 1. The van der Waals surface area contributed by atoms with Gasteiger partial charge < -0.3 is 25.4 Å². The first-order valence-corrected chi connectivity index (χ1v) is 7.59. The molecule has 1 aliphatic rings. The van der Waals surface area contributed by atoms with E-state index in [2.05, 4.69) is 15.0 Å². The van der Waals surface area contributed by atoms with Crippen molar-refractivity contribution in [2.45, 2.75) is 31.6 Å². The first-order chi connectivity index (χ1) is 11.2. The van der Waals surface area contributed by atoms with E-state index >= 15 is 0 Å². The van der Waals surface area contributed by atoms with Gasteiger partial charge in [0.2, 0.25) is 11.8 Å². The molecule has 0 amide bonds. The molecule has 2 aromatic heterocycles. The van der Waals surface area contributed by atoms with E-state index in [1.54, 1.807) is 10.9 Å². The maximum atomic E-state index is 9.40. The number of fused-ring (bicyclic) bond motifs is 1. The Balaban J connectivity index is 1.99. The van der Waals surface area contributed by atoms with Gasteiger partial charge in [-0.1, -0.05) is 0 Å². The number of imidazole rings is 1. The molecule has 3 atom stereocenters. The molecule has 0 saturated carbocycles. The van der Waals surface area contributed by atoms with Gasteiger partial charge in [-0.05, 0) is 19.3 Å². The molecule has 126 valence electrons. The Kier molecular flexibility index (Phi) is 4.60. The summed E-state index contributed by atoms with van der Waals surface area (Å²) in [5.41, 5.74) is 6.78. The second-order valence-corrected chi connectivity index (χ2v) is 5.61. The van der Waals surface area contributed by atoms with Crippen LogP contribution in [0.25, 0.3) is 11.2 Å². The fraction of sp³-hybridized carbons (Fsp3) is 0.643. The van der Waals surface area contributed by atoms with Gasteiger partial charge in [-0.15, -0.1) is 0 Å². The van der Waals surface area contributed by atoms with Crippen LogP contribution in [0.4, 0.5) is 5.95 Å². The zero-order chi connectivity index (χ0) is 16.4.